The zero-order valence-corrected chi connectivity index (χ0v) is 12.8. The largest absolute Gasteiger partial charge is 0.0654 e. The van der Waals surface area contributed by atoms with Crippen molar-refractivity contribution in [2.24, 2.45) is 11.8 Å². The van der Waals surface area contributed by atoms with Crippen molar-refractivity contribution in [3.05, 3.63) is 35.9 Å². The van der Waals surface area contributed by atoms with Crippen LogP contribution in [0, 0.1) is 11.8 Å². The van der Waals surface area contributed by atoms with Gasteiger partial charge >= 0.3 is 0 Å². The van der Waals surface area contributed by atoms with E-state index >= 15 is 0 Å². The fourth-order valence-corrected chi connectivity index (χ4v) is 3.70. The van der Waals surface area contributed by atoms with E-state index in [0.29, 0.717) is 0 Å². The molecule has 1 atom stereocenters. The molecule has 0 radical (unpaired) electrons. The van der Waals surface area contributed by atoms with Gasteiger partial charge in [-0.3, -0.25) is 0 Å². The van der Waals surface area contributed by atoms with E-state index in [1.54, 1.807) is 5.56 Å². The molecule has 0 aliphatic heterocycles. The summed E-state index contributed by atoms with van der Waals surface area (Å²) in [6.45, 7) is 4.76. The summed E-state index contributed by atoms with van der Waals surface area (Å²) < 4.78 is 0. The van der Waals surface area contributed by atoms with Crippen LogP contribution in [-0.2, 0) is 0 Å². The molecule has 2 rings (SSSR count). The van der Waals surface area contributed by atoms with E-state index in [0.717, 1.165) is 17.8 Å². The Morgan fingerprint density at radius 1 is 1.05 bits per heavy atom. The van der Waals surface area contributed by atoms with Crippen molar-refractivity contribution in [2.75, 3.05) is 0 Å². The van der Waals surface area contributed by atoms with E-state index in [4.69, 9.17) is 0 Å². The highest BCUT2D eigenvalue weighted by Crippen LogP contribution is 2.38. The lowest BCUT2D eigenvalue weighted by atomic mass is 9.75. The van der Waals surface area contributed by atoms with Crippen LogP contribution in [0.25, 0.3) is 0 Å². The lowest BCUT2D eigenvalue weighted by Crippen LogP contribution is -2.15. The van der Waals surface area contributed by atoms with Gasteiger partial charge in [-0.2, -0.15) is 0 Å². The molecule has 0 amide bonds. The first-order chi connectivity index (χ1) is 9.29. The molecule has 19 heavy (non-hydrogen) atoms. The average molecular weight is 258 g/mol. The van der Waals surface area contributed by atoms with Crippen molar-refractivity contribution in [3.63, 3.8) is 0 Å². The fourth-order valence-electron chi connectivity index (χ4n) is 3.70. The molecule has 1 aromatic carbocycles. The van der Waals surface area contributed by atoms with E-state index in [9.17, 15) is 0 Å². The molecular formula is C19H30. The third-order valence-corrected chi connectivity index (χ3v) is 4.90. The quantitative estimate of drug-likeness (QED) is 0.572. The van der Waals surface area contributed by atoms with Crippen molar-refractivity contribution in [2.45, 2.75) is 71.1 Å². The summed E-state index contributed by atoms with van der Waals surface area (Å²) in [5.41, 5.74) is 1.57. The van der Waals surface area contributed by atoms with Crippen molar-refractivity contribution in [3.8, 4) is 0 Å². The van der Waals surface area contributed by atoms with E-state index in [2.05, 4.69) is 44.2 Å². The van der Waals surface area contributed by atoms with Crippen LogP contribution in [0.4, 0.5) is 0 Å². The van der Waals surface area contributed by atoms with E-state index < -0.39 is 0 Å². The van der Waals surface area contributed by atoms with Crippen molar-refractivity contribution < 1.29 is 0 Å². The van der Waals surface area contributed by atoms with Gasteiger partial charge in [-0.25, -0.2) is 0 Å². The van der Waals surface area contributed by atoms with Gasteiger partial charge in [0.15, 0.2) is 0 Å². The summed E-state index contributed by atoms with van der Waals surface area (Å²) in [5, 5.41) is 0. The maximum absolute atomic E-state index is 2.46. The predicted octanol–water partition coefficient (Wildman–Crippen LogP) is 6.18. The smallest absolute Gasteiger partial charge is 0.0162 e. The molecule has 1 unspecified atom stereocenters. The Hall–Kier alpha value is -0.780. The second kappa shape index (κ2) is 7.72. The van der Waals surface area contributed by atoms with Crippen LogP contribution in [0.15, 0.2) is 30.3 Å². The average Bonchev–Trinajstić information content (AvgIpc) is 2.47. The summed E-state index contributed by atoms with van der Waals surface area (Å²) in [6, 6.07) is 11.1. The van der Waals surface area contributed by atoms with Gasteiger partial charge in [-0.05, 0) is 55.4 Å². The third-order valence-electron chi connectivity index (χ3n) is 4.90. The van der Waals surface area contributed by atoms with Gasteiger partial charge in [0.05, 0.1) is 0 Å². The summed E-state index contributed by atoms with van der Waals surface area (Å²) >= 11 is 0. The van der Waals surface area contributed by atoms with Gasteiger partial charge in [0.25, 0.3) is 0 Å². The number of rotatable bonds is 6. The summed E-state index contributed by atoms with van der Waals surface area (Å²) in [4.78, 5) is 0. The topological polar surface area (TPSA) is 0 Å². The monoisotopic (exact) mass is 258 g/mol. The number of benzene rings is 1. The highest BCUT2D eigenvalue weighted by atomic mass is 14.3. The minimum Gasteiger partial charge on any atom is -0.0654 e. The Balaban J connectivity index is 1.73. The molecule has 1 saturated carbocycles. The second-order valence-corrected chi connectivity index (χ2v) is 6.61. The molecule has 0 heterocycles. The SMILES string of the molecule is CCCCC(C)CC1CCC(c2ccccc2)CC1. The van der Waals surface area contributed by atoms with Crippen molar-refractivity contribution in [1.82, 2.24) is 0 Å². The molecule has 1 fully saturated rings. The molecule has 0 aromatic heterocycles. The second-order valence-electron chi connectivity index (χ2n) is 6.61. The Morgan fingerprint density at radius 2 is 1.74 bits per heavy atom. The minimum atomic E-state index is 0.836. The standard InChI is InChI=1S/C19H30/c1-3-4-8-16(2)15-17-11-13-19(14-12-17)18-9-6-5-7-10-18/h5-7,9-10,16-17,19H,3-4,8,11-15H2,1-2H3. The summed E-state index contributed by atoms with van der Waals surface area (Å²) in [6.07, 6.45) is 11.4. The lowest BCUT2D eigenvalue weighted by molar-refractivity contribution is 0.268. The van der Waals surface area contributed by atoms with Gasteiger partial charge < -0.3 is 0 Å². The first-order valence-corrected chi connectivity index (χ1v) is 8.34. The van der Waals surface area contributed by atoms with Crippen LogP contribution in [0.3, 0.4) is 0 Å². The van der Waals surface area contributed by atoms with E-state index in [-0.39, 0.29) is 0 Å². The van der Waals surface area contributed by atoms with E-state index in [1.807, 2.05) is 0 Å². The van der Waals surface area contributed by atoms with Crippen LogP contribution in [0.1, 0.15) is 76.7 Å². The van der Waals surface area contributed by atoms with Crippen molar-refractivity contribution in [1.29, 1.82) is 0 Å². The van der Waals surface area contributed by atoms with Crippen LogP contribution < -0.4 is 0 Å². The molecular weight excluding hydrogens is 228 g/mol. The first kappa shape index (κ1) is 14.6. The van der Waals surface area contributed by atoms with Gasteiger partial charge in [0.1, 0.15) is 0 Å². The zero-order valence-electron chi connectivity index (χ0n) is 12.8. The first-order valence-electron chi connectivity index (χ1n) is 8.34. The Morgan fingerprint density at radius 3 is 2.37 bits per heavy atom. The number of hydrogen-bond donors (Lipinski definition) is 0. The molecule has 0 nitrogen and oxygen atoms in total. The molecule has 1 aromatic rings. The van der Waals surface area contributed by atoms with Crippen LogP contribution in [0.5, 0.6) is 0 Å². The fraction of sp³-hybridized carbons (Fsp3) is 0.684. The van der Waals surface area contributed by atoms with Crippen LogP contribution >= 0.6 is 0 Å². The Kier molecular flexibility index (Phi) is 5.94. The molecule has 0 N–H and O–H groups in total. The molecule has 1 aliphatic rings. The molecule has 0 saturated heterocycles. The summed E-state index contributed by atoms with van der Waals surface area (Å²) in [7, 11) is 0. The molecule has 106 valence electrons. The maximum atomic E-state index is 2.46. The van der Waals surface area contributed by atoms with E-state index in [1.165, 1.54) is 51.4 Å². The molecule has 0 heteroatoms. The highest BCUT2D eigenvalue weighted by molar-refractivity contribution is 5.19. The maximum Gasteiger partial charge on any atom is -0.0162 e. The minimum absolute atomic E-state index is 0.836. The molecule has 0 spiro atoms. The zero-order chi connectivity index (χ0) is 13.5. The summed E-state index contributed by atoms with van der Waals surface area (Å²) in [5.74, 6) is 2.79. The van der Waals surface area contributed by atoms with Crippen LogP contribution in [0.2, 0.25) is 0 Å². The third kappa shape index (κ3) is 4.67. The van der Waals surface area contributed by atoms with Gasteiger partial charge in [0.2, 0.25) is 0 Å². The number of unbranched alkanes of at least 4 members (excludes halogenated alkanes) is 1. The lowest BCUT2D eigenvalue weighted by Gasteiger charge is -2.30. The van der Waals surface area contributed by atoms with Crippen molar-refractivity contribution >= 4 is 0 Å². The molecule has 1 aliphatic carbocycles. The Bertz CT molecular complexity index is 332. The molecule has 0 bridgehead atoms. The van der Waals surface area contributed by atoms with Gasteiger partial charge in [0, 0.05) is 0 Å². The normalized spacial score (nSPS) is 25.2. The van der Waals surface area contributed by atoms with Gasteiger partial charge in [-0.1, -0.05) is 63.4 Å². The van der Waals surface area contributed by atoms with Crippen LogP contribution in [-0.4, -0.2) is 0 Å². The van der Waals surface area contributed by atoms with Gasteiger partial charge in [-0.15, -0.1) is 0 Å². The number of hydrogen-bond acceptors (Lipinski definition) is 0. The highest BCUT2D eigenvalue weighted by Gasteiger charge is 2.23. The predicted molar refractivity (Wildman–Crippen MR) is 84.4 cm³/mol. The Labute approximate surface area is 119 Å².